The number of benzene rings is 2. The smallest absolute Gasteiger partial charge is 0.236 e. The molecule has 2 fully saturated rings. The number of ketones is 1. The number of halogens is 1. The van der Waals surface area contributed by atoms with Gasteiger partial charge < -0.3 is 5.32 Å². The van der Waals surface area contributed by atoms with Gasteiger partial charge in [0.05, 0.1) is 11.6 Å². The van der Waals surface area contributed by atoms with E-state index in [-0.39, 0.29) is 29.8 Å². The number of anilines is 2. The van der Waals surface area contributed by atoms with Crippen molar-refractivity contribution >= 4 is 34.7 Å². The molecule has 4 atom stereocenters. The van der Waals surface area contributed by atoms with Crippen LogP contribution in [0.15, 0.2) is 54.6 Å². The third-order valence-electron chi connectivity index (χ3n) is 5.15. The molecule has 0 spiro atoms. The van der Waals surface area contributed by atoms with Gasteiger partial charge in [-0.3, -0.25) is 19.9 Å². The lowest BCUT2D eigenvalue weighted by molar-refractivity contribution is -0.136. The van der Waals surface area contributed by atoms with Gasteiger partial charge >= 0.3 is 0 Å². The highest BCUT2D eigenvalue weighted by Crippen LogP contribution is 2.31. The van der Waals surface area contributed by atoms with Crippen LogP contribution in [0.25, 0.3) is 0 Å². The Bertz CT molecular complexity index is 860. The number of amides is 1. The molecule has 1 amide bonds. The van der Waals surface area contributed by atoms with Gasteiger partial charge in [0.1, 0.15) is 12.1 Å². The number of hydrazine groups is 1. The maximum Gasteiger partial charge on any atom is 0.236 e. The second-order valence-electron chi connectivity index (χ2n) is 6.96. The summed E-state index contributed by atoms with van der Waals surface area (Å²) >= 11 is 5.96. The summed E-state index contributed by atoms with van der Waals surface area (Å²) < 4.78 is 0. The first kappa shape index (κ1) is 18.0. The number of fused-ring (bicyclic) bond motifs is 1. The number of rotatable bonds is 3. The van der Waals surface area contributed by atoms with Gasteiger partial charge in [-0.15, -0.1) is 0 Å². The molecule has 0 bridgehead atoms. The molecule has 7 heteroatoms. The molecule has 6 nitrogen and oxygen atoms in total. The SMILES string of the molecule is CC1NN(c2ccccc2)C2NCC(C(=O)Nc3cccc(Cl)c3)C(=O)C12. The number of carbonyl (C=O) groups excluding carboxylic acids is 2. The Balaban J connectivity index is 1.50. The average molecular weight is 385 g/mol. The third-order valence-corrected chi connectivity index (χ3v) is 5.38. The fraction of sp³-hybridized carbons (Fsp3) is 0.300. The lowest BCUT2D eigenvalue weighted by atomic mass is 9.83. The molecule has 2 aromatic rings. The minimum atomic E-state index is -0.731. The zero-order valence-electron chi connectivity index (χ0n) is 14.9. The molecule has 27 heavy (non-hydrogen) atoms. The Morgan fingerprint density at radius 2 is 1.96 bits per heavy atom. The van der Waals surface area contributed by atoms with E-state index in [1.54, 1.807) is 24.3 Å². The summed E-state index contributed by atoms with van der Waals surface area (Å²) in [6, 6.07) is 16.7. The maximum atomic E-state index is 13.1. The van der Waals surface area contributed by atoms with Crippen LogP contribution in [0.3, 0.4) is 0 Å². The minimum Gasteiger partial charge on any atom is -0.325 e. The number of nitrogens with one attached hydrogen (secondary N) is 3. The van der Waals surface area contributed by atoms with Crippen molar-refractivity contribution in [3.63, 3.8) is 0 Å². The van der Waals surface area contributed by atoms with Gasteiger partial charge in [-0.05, 0) is 37.3 Å². The van der Waals surface area contributed by atoms with Crippen LogP contribution in [-0.2, 0) is 9.59 Å². The summed E-state index contributed by atoms with van der Waals surface area (Å²) in [4.78, 5) is 25.8. The predicted molar refractivity (Wildman–Crippen MR) is 105 cm³/mol. The molecule has 4 unspecified atom stereocenters. The Morgan fingerprint density at radius 3 is 2.70 bits per heavy atom. The third kappa shape index (κ3) is 3.43. The number of hydrogen-bond donors (Lipinski definition) is 3. The van der Waals surface area contributed by atoms with Gasteiger partial charge in [0.2, 0.25) is 5.91 Å². The lowest BCUT2D eigenvalue weighted by Gasteiger charge is -2.35. The summed E-state index contributed by atoms with van der Waals surface area (Å²) in [5, 5.41) is 8.70. The quantitative estimate of drug-likeness (QED) is 0.709. The number of para-hydroxylation sites is 1. The number of hydrogen-bond acceptors (Lipinski definition) is 5. The van der Waals surface area contributed by atoms with Gasteiger partial charge in [0.15, 0.2) is 5.78 Å². The first-order valence-corrected chi connectivity index (χ1v) is 9.36. The van der Waals surface area contributed by atoms with Crippen molar-refractivity contribution in [2.24, 2.45) is 11.8 Å². The highest BCUT2D eigenvalue weighted by molar-refractivity contribution is 6.31. The summed E-state index contributed by atoms with van der Waals surface area (Å²) in [6.45, 7) is 2.27. The molecule has 0 radical (unpaired) electrons. The minimum absolute atomic E-state index is 0.0447. The fourth-order valence-corrected chi connectivity index (χ4v) is 4.04. The highest BCUT2D eigenvalue weighted by Gasteiger charge is 2.50. The summed E-state index contributed by atoms with van der Waals surface area (Å²) in [7, 11) is 0. The fourth-order valence-electron chi connectivity index (χ4n) is 3.85. The summed E-state index contributed by atoms with van der Waals surface area (Å²) in [5.41, 5.74) is 4.93. The first-order chi connectivity index (χ1) is 13.0. The molecule has 2 aliphatic heterocycles. The van der Waals surface area contributed by atoms with E-state index in [2.05, 4.69) is 16.1 Å². The van der Waals surface area contributed by atoms with Crippen LogP contribution in [0, 0.1) is 11.8 Å². The Hall–Kier alpha value is -2.41. The van der Waals surface area contributed by atoms with E-state index in [1.807, 2.05) is 42.3 Å². The molecule has 140 valence electrons. The normalized spacial score (nSPS) is 27.3. The van der Waals surface area contributed by atoms with Crippen molar-refractivity contribution in [1.82, 2.24) is 10.7 Å². The standard InChI is InChI=1S/C20H21ClN4O2/c1-12-17-18(26)16(20(27)23-14-7-5-6-13(21)10-14)11-22-19(17)25(24-12)15-8-3-2-4-9-15/h2-10,12,16-17,19,22,24H,11H2,1H3,(H,23,27). The predicted octanol–water partition coefficient (Wildman–Crippen LogP) is 2.42. The molecule has 2 aliphatic rings. The zero-order valence-corrected chi connectivity index (χ0v) is 15.6. The molecule has 4 rings (SSSR count). The second kappa shape index (κ2) is 7.31. The van der Waals surface area contributed by atoms with Crippen LogP contribution >= 0.6 is 11.6 Å². The van der Waals surface area contributed by atoms with Crippen molar-refractivity contribution in [2.75, 3.05) is 16.9 Å². The van der Waals surface area contributed by atoms with Crippen LogP contribution in [0.4, 0.5) is 11.4 Å². The van der Waals surface area contributed by atoms with E-state index in [0.717, 1.165) is 5.69 Å². The van der Waals surface area contributed by atoms with Crippen LogP contribution in [0.5, 0.6) is 0 Å². The number of nitrogens with zero attached hydrogens (tertiary/aromatic N) is 1. The van der Waals surface area contributed by atoms with Crippen molar-refractivity contribution in [1.29, 1.82) is 0 Å². The van der Waals surface area contributed by atoms with Crippen LogP contribution in [-0.4, -0.2) is 30.4 Å². The van der Waals surface area contributed by atoms with Gasteiger partial charge in [-0.1, -0.05) is 35.9 Å². The number of piperidine rings is 1. The van der Waals surface area contributed by atoms with Crippen molar-refractivity contribution < 1.29 is 9.59 Å². The molecule has 2 heterocycles. The largest absolute Gasteiger partial charge is 0.325 e. The zero-order chi connectivity index (χ0) is 19.0. The Kier molecular flexibility index (Phi) is 4.86. The Labute approximate surface area is 162 Å². The van der Waals surface area contributed by atoms with Crippen molar-refractivity contribution in [2.45, 2.75) is 19.1 Å². The Morgan fingerprint density at radius 1 is 1.19 bits per heavy atom. The molecule has 0 aliphatic carbocycles. The van der Waals surface area contributed by atoms with E-state index >= 15 is 0 Å². The monoisotopic (exact) mass is 384 g/mol. The van der Waals surface area contributed by atoms with E-state index < -0.39 is 5.92 Å². The lowest BCUT2D eigenvalue weighted by Crippen LogP contribution is -2.58. The molecule has 0 saturated carbocycles. The average Bonchev–Trinajstić information content (AvgIpc) is 3.00. The molecular weight excluding hydrogens is 364 g/mol. The number of Topliss-reactive ketones (excluding diaryl/α,β-unsaturated/α-hetero) is 1. The molecule has 0 aromatic heterocycles. The highest BCUT2D eigenvalue weighted by atomic mass is 35.5. The van der Waals surface area contributed by atoms with Gasteiger partial charge in [0.25, 0.3) is 0 Å². The topological polar surface area (TPSA) is 73.5 Å². The molecule has 2 saturated heterocycles. The van der Waals surface area contributed by atoms with E-state index in [4.69, 9.17) is 11.6 Å². The van der Waals surface area contributed by atoms with Gasteiger partial charge in [-0.25, -0.2) is 5.43 Å². The van der Waals surface area contributed by atoms with Crippen molar-refractivity contribution in [3.05, 3.63) is 59.6 Å². The second-order valence-corrected chi connectivity index (χ2v) is 7.39. The van der Waals surface area contributed by atoms with E-state index in [1.165, 1.54) is 0 Å². The van der Waals surface area contributed by atoms with Crippen molar-refractivity contribution in [3.8, 4) is 0 Å². The molecule has 2 aromatic carbocycles. The maximum absolute atomic E-state index is 13.1. The molecule has 3 N–H and O–H groups in total. The summed E-state index contributed by atoms with van der Waals surface area (Å²) in [6.07, 6.45) is -0.176. The number of carbonyl (C=O) groups is 2. The molecular formula is C20H21ClN4O2. The summed E-state index contributed by atoms with van der Waals surface area (Å²) in [5.74, 6) is -1.39. The van der Waals surface area contributed by atoms with Gasteiger partial charge in [-0.2, -0.15) is 0 Å². The van der Waals surface area contributed by atoms with Gasteiger partial charge in [0, 0.05) is 23.3 Å². The van der Waals surface area contributed by atoms with Crippen LogP contribution < -0.4 is 21.1 Å². The van der Waals surface area contributed by atoms with Crippen LogP contribution in [0.2, 0.25) is 5.02 Å². The van der Waals surface area contributed by atoms with E-state index in [9.17, 15) is 9.59 Å². The first-order valence-electron chi connectivity index (χ1n) is 8.98. The van der Waals surface area contributed by atoms with E-state index in [0.29, 0.717) is 17.3 Å². The van der Waals surface area contributed by atoms with Crippen LogP contribution in [0.1, 0.15) is 6.92 Å².